The summed E-state index contributed by atoms with van der Waals surface area (Å²) in [6.45, 7) is 0. The normalized spacial score (nSPS) is 10.2. The molecule has 1 nitrogen and oxygen atoms in total. The van der Waals surface area contributed by atoms with Crippen LogP contribution >= 0.6 is 38.6 Å². The van der Waals surface area contributed by atoms with Crippen LogP contribution in [-0.4, -0.2) is 5.78 Å². The van der Waals surface area contributed by atoms with Gasteiger partial charge in [-0.05, 0) is 33.4 Å². The number of carbonyl (C=O) groups is 1. The Morgan fingerprint density at radius 1 is 1.38 bits per heavy atom. The van der Waals surface area contributed by atoms with Crippen LogP contribution in [-0.2, 0) is 0 Å². The summed E-state index contributed by atoms with van der Waals surface area (Å²) in [4.78, 5) is 12.5. The topological polar surface area (TPSA) is 17.1 Å². The van der Waals surface area contributed by atoms with Crippen LogP contribution in [0.2, 0.25) is 0 Å². The molecule has 0 saturated heterocycles. The maximum atomic E-state index is 11.7. The molecular weight excluding hydrogens is 268 g/mol. The Bertz CT molecular complexity index is 417. The molecule has 2 rings (SSSR count). The molecule has 0 aliphatic carbocycles. The lowest BCUT2D eigenvalue weighted by molar-refractivity contribution is 0.104. The summed E-state index contributed by atoms with van der Waals surface area (Å²) in [7, 11) is 0. The average molecular weight is 273 g/mol. The highest BCUT2D eigenvalue weighted by Crippen LogP contribution is 2.24. The molecule has 0 spiro atoms. The zero-order chi connectivity index (χ0) is 9.26. The molecule has 2 heterocycles. The lowest BCUT2D eigenvalue weighted by Gasteiger charge is -1.90. The van der Waals surface area contributed by atoms with E-state index in [1.807, 2.05) is 29.0 Å². The van der Waals surface area contributed by atoms with Crippen molar-refractivity contribution >= 4 is 44.4 Å². The summed E-state index contributed by atoms with van der Waals surface area (Å²) in [6, 6.07) is 5.59. The first-order chi connectivity index (χ1) is 6.27. The first kappa shape index (κ1) is 9.12. The molecule has 0 aliphatic rings. The maximum absolute atomic E-state index is 11.7. The molecule has 0 aliphatic heterocycles. The Morgan fingerprint density at radius 3 is 2.77 bits per heavy atom. The van der Waals surface area contributed by atoms with E-state index in [2.05, 4.69) is 15.9 Å². The SMILES string of the molecule is O=C(c1csc(Br)c1)c1cccs1. The number of hydrogen-bond donors (Lipinski definition) is 0. The lowest BCUT2D eigenvalue weighted by atomic mass is 10.2. The highest BCUT2D eigenvalue weighted by atomic mass is 79.9. The molecule has 0 aromatic carbocycles. The third kappa shape index (κ3) is 1.90. The minimum atomic E-state index is 0.108. The summed E-state index contributed by atoms with van der Waals surface area (Å²) in [5, 5.41) is 3.78. The van der Waals surface area contributed by atoms with Crippen LogP contribution in [0.4, 0.5) is 0 Å². The van der Waals surface area contributed by atoms with Gasteiger partial charge in [-0.25, -0.2) is 0 Å². The molecule has 0 amide bonds. The molecule has 0 fully saturated rings. The Labute approximate surface area is 92.2 Å². The van der Waals surface area contributed by atoms with Crippen molar-refractivity contribution in [3.63, 3.8) is 0 Å². The molecular formula is C9H5BrOS2. The zero-order valence-electron chi connectivity index (χ0n) is 6.49. The van der Waals surface area contributed by atoms with Gasteiger partial charge in [0.25, 0.3) is 0 Å². The number of ketones is 1. The zero-order valence-corrected chi connectivity index (χ0v) is 9.71. The Kier molecular flexibility index (Phi) is 2.62. The van der Waals surface area contributed by atoms with E-state index in [0.717, 1.165) is 14.2 Å². The van der Waals surface area contributed by atoms with E-state index >= 15 is 0 Å². The number of halogens is 1. The first-order valence-corrected chi connectivity index (χ1v) is 6.15. The van der Waals surface area contributed by atoms with E-state index in [1.165, 1.54) is 22.7 Å². The van der Waals surface area contributed by atoms with Crippen molar-refractivity contribution in [1.82, 2.24) is 0 Å². The largest absolute Gasteiger partial charge is 0.288 e. The van der Waals surface area contributed by atoms with Gasteiger partial charge in [-0.3, -0.25) is 4.79 Å². The molecule has 2 aromatic heterocycles. The van der Waals surface area contributed by atoms with Crippen LogP contribution in [0.15, 0.2) is 32.7 Å². The van der Waals surface area contributed by atoms with Crippen molar-refractivity contribution < 1.29 is 4.79 Å². The molecule has 0 atom stereocenters. The third-order valence-electron chi connectivity index (χ3n) is 1.57. The maximum Gasteiger partial charge on any atom is 0.203 e. The Balaban J connectivity index is 2.33. The summed E-state index contributed by atoms with van der Waals surface area (Å²) >= 11 is 6.34. The van der Waals surface area contributed by atoms with E-state index in [-0.39, 0.29) is 5.78 Å². The fourth-order valence-electron chi connectivity index (χ4n) is 0.979. The molecule has 2 aromatic rings. The van der Waals surface area contributed by atoms with Gasteiger partial charge in [0.2, 0.25) is 5.78 Å². The van der Waals surface area contributed by atoms with Gasteiger partial charge in [-0.2, -0.15) is 0 Å². The molecule has 4 heteroatoms. The molecule has 66 valence electrons. The van der Waals surface area contributed by atoms with Crippen molar-refractivity contribution in [2.45, 2.75) is 0 Å². The van der Waals surface area contributed by atoms with Crippen LogP contribution in [0.25, 0.3) is 0 Å². The second kappa shape index (κ2) is 3.74. The van der Waals surface area contributed by atoms with Gasteiger partial charge < -0.3 is 0 Å². The minimum Gasteiger partial charge on any atom is -0.288 e. The smallest absolute Gasteiger partial charge is 0.203 e. The van der Waals surface area contributed by atoms with E-state index in [1.54, 1.807) is 0 Å². The van der Waals surface area contributed by atoms with Crippen LogP contribution in [0, 0.1) is 0 Å². The highest BCUT2D eigenvalue weighted by molar-refractivity contribution is 9.11. The van der Waals surface area contributed by atoms with Crippen LogP contribution < -0.4 is 0 Å². The van der Waals surface area contributed by atoms with Crippen molar-refractivity contribution in [3.8, 4) is 0 Å². The van der Waals surface area contributed by atoms with Crippen LogP contribution in [0.1, 0.15) is 15.2 Å². The highest BCUT2D eigenvalue weighted by Gasteiger charge is 2.10. The van der Waals surface area contributed by atoms with Crippen molar-refractivity contribution in [3.05, 3.63) is 43.2 Å². The third-order valence-corrected chi connectivity index (χ3v) is 3.95. The summed E-state index contributed by atoms with van der Waals surface area (Å²) in [5.41, 5.74) is 0.763. The lowest BCUT2D eigenvalue weighted by Crippen LogP contribution is -1.94. The van der Waals surface area contributed by atoms with Crippen molar-refractivity contribution in [1.29, 1.82) is 0 Å². The van der Waals surface area contributed by atoms with Crippen LogP contribution in [0.5, 0.6) is 0 Å². The number of hydrogen-bond acceptors (Lipinski definition) is 3. The minimum absolute atomic E-state index is 0.108. The fourth-order valence-corrected chi connectivity index (χ4v) is 2.80. The average Bonchev–Trinajstić information content (AvgIpc) is 2.72. The molecule has 0 saturated carbocycles. The predicted molar refractivity (Wildman–Crippen MR) is 59.8 cm³/mol. The Hall–Kier alpha value is -0.450. The quantitative estimate of drug-likeness (QED) is 0.760. The summed E-state index contributed by atoms with van der Waals surface area (Å²) in [5.74, 6) is 0.108. The number of thiophene rings is 2. The predicted octanol–water partition coefficient (Wildman–Crippen LogP) is 3.80. The molecule has 0 N–H and O–H groups in total. The summed E-state index contributed by atoms with van der Waals surface area (Å²) < 4.78 is 0.993. The van der Waals surface area contributed by atoms with E-state index < -0.39 is 0 Å². The van der Waals surface area contributed by atoms with Gasteiger partial charge in [-0.1, -0.05) is 6.07 Å². The van der Waals surface area contributed by atoms with Gasteiger partial charge in [0.05, 0.1) is 8.66 Å². The van der Waals surface area contributed by atoms with Crippen molar-refractivity contribution in [2.24, 2.45) is 0 Å². The van der Waals surface area contributed by atoms with Gasteiger partial charge in [0.15, 0.2) is 0 Å². The van der Waals surface area contributed by atoms with E-state index in [9.17, 15) is 4.79 Å². The number of carbonyl (C=O) groups excluding carboxylic acids is 1. The second-order valence-electron chi connectivity index (χ2n) is 2.45. The Morgan fingerprint density at radius 2 is 2.23 bits per heavy atom. The first-order valence-electron chi connectivity index (χ1n) is 3.59. The van der Waals surface area contributed by atoms with E-state index in [4.69, 9.17) is 0 Å². The fraction of sp³-hybridized carbons (Fsp3) is 0. The van der Waals surface area contributed by atoms with Gasteiger partial charge in [0, 0.05) is 10.9 Å². The number of rotatable bonds is 2. The van der Waals surface area contributed by atoms with Crippen molar-refractivity contribution in [2.75, 3.05) is 0 Å². The summed E-state index contributed by atoms with van der Waals surface area (Å²) in [6.07, 6.45) is 0. The van der Waals surface area contributed by atoms with Gasteiger partial charge >= 0.3 is 0 Å². The second-order valence-corrected chi connectivity index (χ2v) is 5.68. The molecule has 13 heavy (non-hydrogen) atoms. The van der Waals surface area contributed by atoms with Gasteiger partial charge in [0.1, 0.15) is 0 Å². The molecule has 0 unspecified atom stereocenters. The monoisotopic (exact) mass is 272 g/mol. The van der Waals surface area contributed by atoms with E-state index in [0.29, 0.717) is 0 Å². The van der Waals surface area contributed by atoms with Crippen LogP contribution in [0.3, 0.4) is 0 Å². The molecule has 0 radical (unpaired) electrons. The standard InChI is InChI=1S/C9H5BrOS2/c10-8-4-6(5-13-8)9(11)7-2-1-3-12-7/h1-5H. The van der Waals surface area contributed by atoms with Gasteiger partial charge in [-0.15, -0.1) is 22.7 Å². The molecule has 0 bridgehead atoms.